The first kappa shape index (κ1) is 22.4. The number of anilines is 1. The first-order valence-corrected chi connectivity index (χ1v) is 10.7. The molecule has 29 heavy (non-hydrogen) atoms. The van der Waals surface area contributed by atoms with Crippen LogP contribution in [0.3, 0.4) is 0 Å². The van der Waals surface area contributed by atoms with Gasteiger partial charge in [-0.05, 0) is 48.1 Å². The number of benzene rings is 2. The first-order valence-electron chi connectivity index (χ1n) is 9.27. The van der Waals surface area contributed by atoms with Crippen molar-refractivity contribution in [2.24, 2.45) is 0 Å². The zero-order valence-corrected chi connectivity index (χ0v) is 17.5. The molecular formula is C21H25N3O4S. The number of thioether (sulfide) groups is 1. The van der Waals surface area contributed by atoms with Gasteiger partial charge in [-0.3, -0.25) is 19.7 Å². The Labute approximate surface area is 174 Å². The highest BCUT2D eigenvalue weighted by atomic mass is 32.2. The summed E-state index contributed by atoms with van der Waals surface area (Å²) in [4.78, 5) is 35.6. The normalized spacial score (nSPS) is 11.7. The van der Waals surface area contributed by atoms with Crippen LogP contribution in [0.4, 0.5) is 11.4 Å². The lowest BCUT2D eigenvalue weighted by Gasteiger charge is -2.18. The standard InChI is InChI=1S/C21H25N3O4S/c1-14(2)15-7-9-17(10-8-15)22-21(26)19(11-12-29-3)23-20(25)16-5-4-6-18(13-16)24(27)28/h4-10,13-14,19H,11-12H2,1-3H3,(H,22,26)(H,23,25). The average Bonchev–Trinajstić information content (AvgIpc) is 2.71. The molecule has 2 aromatic rings. The second-order valence-electron chi connectivity index (χ2n) is 6.88. The topological polar surface area (TPSA) is 101 Å². The molecule has 0 fully saturated rings. The molecule has 0 aliphatic carbocycles. The largest absolute Gasteiger partial charge is 0.340 e. The Morgan fingerprint density at radius 1 is 1.14 bits per heavy atom. The van der Waals surface area contributed by atoms with Crippen LogP contribution in [0.2, 0.25) is 0 Å². The Morgan fingerprint density at radius 2 is 1.83 bits per heavy atom. The summed E-state index contributed by atoms with van der Waals surface area (Å²) in [5.41, 5.74) is 1.79. The van der Waals surface area contributed by atoms with E-state index in [1.54, 1.807) is 11.8 Å². The van der Waals surface area contributed by atoms with E-state index >= 15 is 0 Å². The summed E-state index contributed by atoms with van der Waals surface area (Å²) >= 11 is 1.57. The molecule has 1 unspecified atom stereocenters. The van der Waals surface area contributed by atoms with Crippen molar-refractivity contribution < 1.29 is 14.5 Å². The smallest absolute Gasteiger partial charge is 0.270 e. The van der Waals surface area contributed by atoms with Gasteiger partial charge in [-0.1, -0.05) is 32.0 Å². The van der Waals surface area contributed by atoms with Gasteiger partial charge in [0.2, 0.25) is 5.91 Å². The maximum absolute atomic E-state index is 12.7. The molecule has 0 bridgehead atoms. The lowest BCUT2D eigenvalue weighted by molar-refractivity contribution is -0.384. The summed E-state index contributed by atoms with van der Waals surface area (Å²) in [6.45, 7) is 4.19. The molecule has 1 atom stereocenters. The van der Waals surface area contributed by atoms with E-state index in [0.29, 0.717) is 23.8 Å². The summed E-state index contributed by atoms with van der Waals surface area (Å²) in [6.07, 6.45) is 2.36. The minimum atomic E-state index is -0.751. The predicted octanol–water partition coefficient (Wildman–Crippen LogP) is 4.21. The van der Waals surface area contributed by atoms with Gasteiger partial charge in [0, 0.05) is 23.4 Å². The molecule has 154 valence electrons. The summed E-state index contributed by atoms with van der Waals surface area (Å²) in [7, 11) is 0. The van der Waals surface area contributed by atoms with Crippen molar-refractivity contribution in [3.63, 3.8) is 0 Å². The van der Waals surface area contributed by atoms with Gasteiger partial charge in [0.25, 0.3) is 11.6 Å². The highest BCUT2D eigenvalue weighted by Crippen LogP contribution is 2.18. The van der Waals surface area contributed by atoms with Gasteiger partial charge >= 0.3 is 0 Å². The molecule has 2 rings (SSSR count). The monoisotopic (exact) mass is 415 g/mol. The molecule has 8 heteroatoms. The average molecular weight is 416 g/mol. The Kier molecular flexibility index (Phi) is 8.21. The second kappa shape index (κ2) is 10.6. The van der Waals surface area contributed by atoms with E-state index in [1.165, 1.54) is 29.8 Å². The fraction of sp³-hybridized carbons (Fsp3) is 0.333. The number of hydrogen-bond donors (Lipinski definition) is 2. The van der Waals surface area contributed by atoms with Crippen LogP contribution in [0, 0.1) is 10.1 Å². The number of amides is 2. The molecule has 2 amide bonds. The van der Waals surface area contributed by atoms with E-state index in [9.17, 15) is 19.7 Å². The third kappa shape index (κ3) is 6.60. The van der Waals surface area contributed by atoms with Crippen LogP contribution in [0.15, 0.2) is 48.5 Å². The number of non-ortho nitro benzene ring substituents is 1. The molecule has 0 radical (unpaired) electrons. The maximum Gasteiger partial charge on any atom is 0.270 e. The first-order chi connectivity index (χ1) is 13.8. The minimum Gasteiger partial charge on any atom is -0.340 e. The van der Waals surface area contributed by atoms with Crippen molar-refractivity contribution in [2.45, 2.75) is 32.2 Å². The van der Waals surface area contributed by atoms with Gasteiger partial charge in [-0.25, -0.2) is 0 Å². The van der Waals surface area contributed by atoms with Crippen LogP contribution in [0.1, 0.15) is 42.1 Å². The SMILES string of the molecule is CSCCC(NC(=O)c1cccc([N+](=O)[O-])c1)C(=O)Nc1ccc(C(C)C)cc1. The maximum atomic E-state index is 12.7. The number of carbonyl (C=O) groups is 2. The molecule has 0 aliphatic rings. The zero-order valence-electron chi connectivity index (χ0n) is 16.7. The Hall–Kier alpha value is -2.87. The van der Waals surface area contributed by atoms with Crippen LogP contribution in [-0.2, 0) is 4.79 Å². The molecule has 2 aromatic carbocycles. The molecule has 7 nitrogen and oxygen atoms in total. The highest BCUT2D eigenvalue weighted by molar-refractivity contribution is 7.98. The number of carbonyl (C=O) groups excluding carboxylic acids is 2. The van der Waals surface area contributed by atoms with E-state index in [2.05, 4.69) is 24.5 Å². The third-order valence-electron chi connectivity index (χ3n) is 4.40. The Balaban J connectivity index is 2.11. The summed E-state index contributed by atoms with van der Waals surface area (Å²) in [5.74, 6) is 0.225. The molecular weight excluding hydrogens is 390 g/mol. The van der Waals surface area contributed by atoms with Crippen LogP contribution in [0.25, 0.3) is 0 Å². The lowest BCUT2D eigenvalue weighted by Crippen LogP contribution is -2.44. The van der Waals surface area contributed by atoms with Crippen LogP contribution < -0.4 is 10.6 Å². The van der Waals surface area contributed by atoms with Gasteiger partial charge < -0.3 is 10.6 Å². The number of nitrogens with zero attached hydrogens (tertiary/aromatic N) is 1. The molecule has 0 spiro atoms. The van der Waals surface area contributed by atoms with Gasteiger partial charge in [0.1, 0.15) is 6.04 Å². The van der Waals surface area contributed by atoms with Crippen molar-refractivity contribution in [1.29, 1.82) is 0 Å². The summed E-state index contributed by atoms with van der Waals surface area (Å²) < 4.78 is 0. The molecule has 0 saturated heterocycles. The van der Waals surface area contributed by atoms with Crippen molar-refractivity contribution in [3.8, 4) is 0 Å². The van der Waals surface area contributed by atoms with Gasteiger partial charge in [0.15, 0.2) is 0 Å². The summed E-state index contributed by atoms with van der Waals surface area (Å²) in [5, 5.41) is 16.5. The Morgan fingerprint density at radius 3 is 2.41 bits per heavy atom. The molecule has 2 N–H and O–H groups in total. The van der Waals surface area contributed by atoms with Crippen LogP contribution >= 0.6 is 11.8 Å². The third-order valence-corrected chi connectivity index (χ3v) is 5.04. The zero-order chi connectivity index (χ0) is 21.4. The van der Waals surface area contributed by atoms with Crippen molar-refractivity contribution in [1.82, 2.24) is 5.32 Å². The van der Waals surface area contributed by atoms with Crippen LogP contribution in [-0.4, -0.2) is 34.8 Å². The molecule has 0 aliphatic heterocycles. The van der Waals surface area contributed by atoms with Gasteiger partial charge in [-0.15, -0.1) is 0 Å². The molecule has 0 heterocycles. The van der Waals surface area contributed by atoms with E-state index in [1.807, 2.05) is 30.5 Å². The molecule has 0 saturated carbocycles. The van der Waals surface area contributed by atoms with E-state index in [-0.39, 0.29) is 17.2 Å². The lowest BCUT2D eigenvalue weighted by atomic mass is 10.0. The minimum absolute atomic E-state index is 0.141. The van der Waals surface area contributed by atoms with Crippen molar-refractivity contribution >= 4 is 35.0 Å². The van der Waals surface area contributed by atoms with E-state index in [0.717, 1.165) is 0 Å². The summed E-state index contributed by atoms with van der Waals surface area (Å²) in [6, 6.07) is 12.3. The van der Waals surface area contributed by atoms with Gasteiger partial charge in [-0.2, -0.15) is 11.8 Å². The fourth-order valence-electron chi connectivity index (χ4n) is 2.69. The van der Waals surface area contributed by atoms with Crippen molar-refractivity contribution in [2.75, 3.05) is 17.3 Å². The number of hydrogen-bond acceptors (Lipinski definition) is 5. The van der Waals surface area contributed by atoms with Gasteiger partial charge in [0.05, 0.1) is 4.92 Å². The van der Waals surface area contributed by atoms with Crippen molar-refractivity contribution in [3.05, 3.63) is 69.8 Å². The predicted molar refractivity (Wildman–Crippen MR) is 117 cm³/mol. The number of rotatable bonds is 9. The van der Waals surface area contributed by atoms with E-state index in [4.69, 9.17) is 0 Å². The number of nitro benzene ring substituents is 1. The number of nitro groups is 1. The van der Waals surface area contributed by atoms with E-state index < -0.39 is 16.9 Å². The quantitative estimate of drug-likeness (QED) is 0.472. The number of nitrogens with one attached hydrogen (secondary N) is 2. The second-order valence-corrected chi connectivity index (χ2v) is 7.87. The highest BCUT2D eigenvalue weighted by Gasteiger charge is 2.22. The van der Waals surface area contributed by atoms with Crippen LogP contribution in [0.5, 0.6) is 0 Å². The Bertz CT molecular complexity index is 868. The fourth-order valence-corrected chi connectivity index (χ4v) is 3.16. The molecule has 0 aromatic heterocycles.